The van der Waals surface area contributed by atoms with Crippen molar-refractivity contribution in [3.63, 3.8) is 0 Å². The molecule has 0 N–H and O–H groups in total. The molecule has 27 heavy (non-hydrogen) atoms. The van der Waals surface area contributed by atoms with Crippen LogP contribution >= 0.6 is 11.3 Å². The SMILES string of the molecule is Fc1ccc(-c2csc(=Nc3cccnc3)n2C2CCCCCCC2)cc1. The van der Waals surface area contributed by atoms with Crippen molar-refractivity contribution in [2.24, 2.45) is 4.99 Å². The van der Waals surface area contributed by atoms with Crippen LogP contribution in [0.25, 0.3) is 11.3 Å². The van der Waals surface area contributed by atoms with Crippen LogP contribution in [0.2, 0.25) is 0 Å². The number of thiazole rings is 1. The maximum Gasteiger partial charge on any atom is 0.190 e. The monoisotopic (exact) mass is 381 g/mol. The van der Waals surface area contributed by atoms with Gasteiger partial charge in [-0.1, -0.05) is 32.1 Å². The summed E-state index contributed by atoms with van der Waals surface area (Å²) in [4.78, 5) is 10.1. The van der Waals surface area contributed by atoms with Crippen molar-refractivity contribution < 1.29 is 4.39 Å². The highest BCUT2D eigenvalue weighted by Crippen LogP contribution is 2.31. The summed E-state index contributed by atoms with van der Waals surface area (Å²) in [5.41, 5.74) is 3.04. The lowest BCUT2D eigenvalue weighted by molar-refractivity contribution is 0.369. The maximum atomic E-state index is 13.4. The third-order valence-electron chi connectivity index (χ3n) is 5.19. The fraction of sp³-hybridized carbons (Fsp3) is 0.364. The van der Waals surface area contributed by atoms with Crippen LogP contribution in [0.4, 0.5) is 10.1 Å². The van der Waals surface area contributed by atoms with E-state index in [4.69, 9.17) is 4.99 Å². The molecule has 0 aliphatic heterocycles. The Labute approximate surface area is 163 Å². The van der Waals surface area contributed by atoms with Gasteiger partial charge < -0.3 is 4.57 Å². The molecule has 4 rings (SSSR count). The number of pyridine rings is 1. The molecule has 3 aromatic rings. The van der Waals surface area contributed by atoms with Gasteiger partial charge in [0.1, 0.15) is 5.82 Å². The zero-order valence-corrected chi connectivity index (χ0v) is 16.2. The molecule has 1 aromatic carbocycles. The summed E-state index contributed by atoms with van der Waals surface area (Å²) in [6, 6.07) is 11.1. The average molecular weight is 382 g/mol. The summed E-state index contributed by atoms with van der Waals surface area (Å²) < 4.78 is 15.8. The number of aromatic nitrogens is 2. The standard InChI is InChI=1S/C22H24FN3S/c23-18-12-10-17(11-13-18)21-16-27-22(25-19-7-6-14-24-15-19)26(21)20-8-4-2-1-3-5-9-20/h6-7,10-16,20H,1-5,8-9H2. The molecule has 3 nitrogen and oxygen atoms in total. The summed E-state index contributed by atoms with van der Waals surface area (Å²) in [5.74, 6) is -0.202. The van der Waals surface area contributed by atoms with E-state index < -0.39 is 0 Å². The smallest absolute Gasteiger partial charge is 0.190 e. The number of halogens is 1. The van der Waals surface area contributed by atoms with E-state index in [9.17, 15) is 4.39 Å². The van der Waals surface area contributed by atoms with Crippen LogP contribution in [-0.4, -0.2) is 9.55 Å². The van der Waals surface area contributed by atoms with Gasteiger partial charge in [-0.15, -0.1) is 11.3 Å². The molecule has 1 aliphatic carbocycles. The van der Waals surface area contributed by atoms with Crippen molar-refractivity contribution in [2.75, 3.05) is 0 Å². The average Bonchev–Trinajstić information content (AvgIpc) is 3.06. The van der Waals surface area contributed by atoms with Crippen LogP contribution in [-0.2, 0) is 0 Å². The van der Waals surface area contributed by atoms with Gasteiger partial charge in [0.15, 0.2) is 4.80 Å². The third kappa shape index (κ3) is 4.35. The molecular weight excluding hydrogens is 357 g/mol. The highest BCUT2D eigenvalue weighted by Gasteiger charge is 2.19. The largest absolute Gasteiger partial charge is 0.313 e. The van der Waals surface area contributed by atoms with E-state index >= 15 is 0 Å². The summed E-state index contributed by atoms with van der Waals surface area (Å²) >= 11 is 1.65. The first-order valence-electron chi connectivity index (χ1n) is 9.72. The predicted molar refractivity (Wildman–Crippen MR) is 109 cm³/mol. The van der Waals surface area contributed by atoms with Gasteiger partial charge in [-0.3, -0.25) is 4.98 Å². The molecule has 2 aromatic heterocycles. The number of hydrogen-bond donors (Lipinski definition) is 0. The van der Waals surface area contributed by atoms with E-state index in [0.717, 1.165) is 21.7 Å². The number of nitrogens with zero attached hydrogens (tertiary/aromatic N) is 3. The molecule has 1 saturated carbocycles. The van der Waals surface area contributed by atoms with Gasteiger partial charge in [-0.25, -0.2) is 9.38 Å². The minimum atomic E-state index is -0.202. The van der Waals surface area contributed by atoms with E-state index in [0.29, 0.717) is 6.04 Å². The molecule has 140 valence electrons. The topological polar surface area (TPSA) is 30.2 Å². The van der Waals surface area contributed by atoms with Crippen molar-refractivity contribution in [3.8, 4) is 11.3 Å². The molecule has 0 bridgehead atoms. The number of rotatable bonds is 3. The van der Waals surface area contributed by atoms with Crippen LogP contribution in [0.1, 0.15) is 51.0 Å². The zero-order chi connectivity index (χ0) is 18.5. The van der Waals surface area contributed by atoms with Gasteiger partial charge in [0.05, 0.1) is 17.6 Å². The molecule has 0 unspecified atom stereocenters. The fourth-order valence-corrected chi connectivity index (χ4v) is 4.79. The van der Waals surface area contributed by atoms with Gasteiger partial charge in [0.2, 0.25) is 0 Å². The Morgan fingerprint density at radius 1 is 1.00 bits per heavy atom. The summed E-state index contributed by atoms with van der Waals surface area (Å²) in [6.45, 7) is 0. The zero-order valence-electron chi connectivity index (χ0n) is 15.4. The van der Waals surface area contributed by atoms with E-state index in [1.807, 2.05) is 24.3 Å². The first kappa shape index (κ1) is 18.1. The van der Waals surface area contributed by atoms with E-state index in [-0.39, 0.29) is 5.82 Å². The second-order valence-corrected chi connectivity index (χ2v) is 7.94. The first-order valence-corrected chi connectivity index (χ1v) is 10.6. The quantitative estimate of drug-likeness (QED) is 0.526. The minimum Gasteiger partial charge on any atom is -0.313 e. The highest BCUT2D eigenvalue weighted by atomic mass is 32.1. The molecule has 1 fully saturated rings. The molecule has 0 radical (unpaired) electrons. The molecule has 1 aliphatic rings. The highest BCUT2D eigenvalue weighted by molar-refractivity contribution is 7.07. The summed E-state index contributed by atoms with van der Waals surface area (Å²) in [6.07, 6.45) is 12.4. The van der Waals surface area contributed by atoms with E-state index in [1.54, 1.807) is 23.7 Å². The van der Waals surface area contributed by atoms with Gasteiger partial charge in [0.25, 0.3) is 0 Å². The Hall–Kier alpha value is -2.27. The van der Waals surface area contributed by atoms with Gasteiger partial charge >= 0.3 is 0 Å². The van der Waals surface area contributed by atoms with Gasteiger partial charge in [-0.05, 0) is 54.8 Å². The molecule has 0 spiro atoms. The van der Waals surface area contributed by atoms with Crippen LogP contribution in [0, 0.1) is 5.82 Å². The van der Waals surface area contributed by atoms with Crippen molar-refractivity contribution in [2.45, 2.75) is 51.0 Å². The number of benzene rings is 1. The second kappa shape index (κ2) is 8.61. The first-order chi connectivity index (χ1) is 13.3. The van der Waals surface area contributed by atoms with E-state index in [2.05, 4.69) is 14.9 Å². The Bertz CT molecular complexity index is 920. The molecule has 0 atom stereocenters. The molecule has 2 heterocycles. The minimum absolute atomic E-state index is 0.202. The van der Waals surface area contributed by atoms with Gasteiger partial charge in [0, 0.05) is 17.6 Å². The summed E-state index contributed by atoms with van der Waals surface area (Å²) in [7, 11) is 0. The number of hydrogen-bond acceptors (Lipinski definition) is 3. The van der Waals surface area contributed by atoms with Gasteiger partial charge in [-0.2, -0.15) is 0 Å². The molecule has 0 saturated heterocycles. The van der Waals surface area contributed by atoms with Crippen molar-refractivity contribution in [1.82, 2.24) is 9.55 Å². The van der Waals surface area contributed by atoms with Crippen LogP contribution < -0.4 is 4.80 Å². The van der Waals surface area contributed by atoms with Crippen LogP contribution in [0.5, 0.6) is 0 Å². The van der Waals surface area contributed by atoms with Crippen LogP contribution in [0.3, 0.4) is 0 Å². The van der Waals surface area contributed by atoms with Crippen molar-refractivity contribution >= 4 is 17.0 Å². The fourth-order valence-electron chi connectivity index (χ4n) is 3.81. The molecule has 0 amide bonds. The lowest BCUT2D eigenvalue weighted by Gasteiger charge is -2.23. The predicted octanol–water partition coefficient (Wildman–Crippen LogP) is 6.27. The van der Waals surface area contributed by atoms with Crippen molar-refractivity contribution in [1.29, 1.82) is 0 Å². The Kier molecular flexibility index (Phi) is 5.78. The summed E-state index contributed by atoms with van der Waals surface area (Å²) in [5, 5.41) is 2.15. The third-order valence-corrected chi connectivity index (χ3v) is 6.03. The van der Waals surface area contributed by atoms with E-state index in [1.165, 1.54) is 57.1 Å². The Morgan fingerprint density at radius 2 is 1.74 bits per heavy atom. The maximum absolute atomic E-state index is 13.4. The lowest BCUT2D eigenvalue weighted by atomic mass is 9.96. The Morgan fingerprint density at radius 3 is 2.44 bits per heavy atom. The van der Waals surface area contributed by atoms with Crippen molar-refractivity contribution in [3.05, 3.63) is 64.8 Å². The Balaban J connectivity index is 1.81. The van der Waals surface area contributed by atoms with Crippen LogP contribution in [0.15, 0.2) is 59.2 Å². The lowest BCUT2D eigenvalue weighted by Crippen LogP contribution is -2.22. The molecule has 5 heteroatoms. The normalized spacial score (nSPS) is 16.9. The molecular formula is C22H24FN3S. The second-order valence-electron chi connectivity index (χ2n) is 7.10.